The third-order valence-electron chi connectivity index (χ3n) is 1.93. The lowest BCUT2D eigenvalue weighted by Crippen LogP contribution is -2.09. The predicted molar refractivity (Wildman–Crippen MR) is 71.5 cm³/mol. The monoisotopic (exact) mass is 278 g/mol. The minimum Gasteiger partial charge on any atom is -0.478 e. The summed E-state index contributed by atoms with van der Waals surface area (Å²) in [6.45, 7) is 7.81. The van der Waals surface area contributed by atoms with E-state index in [4.69, 9.17) is 10.2 Å². The molecule has 0 fully saturated rings. The molecule has 0 aliphatic rings. The maximum absolute atomic E-state index is 11.2. The van der Waals surface area contributed by atoms with Gasteiger partial charge in [0.15, 0.2) is 0 Å². The Morgan fingerprint density at radius 1 is 1.15 bits per heavy atom. The number of aliphatic carboxylic acids is 1. The molecule has 6 nitrogen and oxygen atoms in total. The zero-order valence-electron chi connectivity index (χ0n) is 10.8. The second kappa shape index (κ2) is 8.25. The molecule has 0 spiro atoms. The Labute approximate surface area is 115 Å². The van der Waals surface area contributed by atoms with Crippen molar-refractivity contribution < 1.29 is 29.3 Å². The SMILES string of the molecule is C=C(C)C(=O)O.C=COC(=O)c1ccccc1C(=O)O. The average molecular weight is 278 g/mol. The van der Waals surface area contributed by atoms with Crippen molar-refractivity contribution in [2.75, 3.05) is 0 Å². The Hall–Kier alpha value is -2.89. The van der Waals surface area contributed by atoms with E-state index in [-0.39, 0.29) is 16.7 Å². The first-order valence-electron chi connectivity index (χ1n) is 5.34. The van der Waals surface area contributed by atoms with Crippen molar-refractivity contribution in [3.8, 4) is 0 Å². The van der Waals surface area contributed by atoms with Crippen LogP contribution < -0.4 is 0 Å². The fourth-order valence-corrected chi connectivity index (χ4v) is 0.987. The molecule has 0 bridgehead atoms. The van der Waals surface area contributed by atoms with Gasteiger partial charge in [-0.2, -0.15) is 0 Å². The molecule has 6 heteroatoms. The molecule has 0 saturated heterocycles. The number of carboxylic acid groups (broad SMARTS) is 2. The summed E-state index contributed by atoms with van der Waals surface area (Å²) in [5.41, 5.74) is 0.106. The largest absolute Gasteiger partial charge is 0.478 e. The molecule has 0 unspecified atom stereocenters. The van der Waals surface area contributed by atoms with Crippen LogP contribution in [0, 0.1) is 0 Å². The van der Waals surface area contributed by atoms with Crippen molar-refractivity contribution in [2.24, 2.45) is 0 Å². The van der Waals surface area contributed by atoms with E-state index >= 15 is 0 Å². The van der Waals surface area contributed by atoms with Gasteiger partial charge in [0, 0.05) is 5.57 Å². The summed E-state index contributed by atoms with van der Waals surface area (Å²) in [6.07, 6.45) is 0.959. The molecule has 0 heterocycles. The van der Waals surface area contributed by atoms with Crippen molar-refractivity contribution in [3.63, 3.8) is 0 Å². The topological polar surface area (TPSA) is 101 Å². The summed E-state index contributed by atoms with van der Waals surface area (Å²) in [7, 11) is 0. The van der Waals surface area contributed by atoms with Crippen molar-refractivity contribution in [1.29, 1.82) is 0 Å². The van der Waals surface area contributed by atoms with Gasteiger partial charge in [-0.3, -0.25) is 0 Å². The van der Waals surface area contributed by atoms with Gasteiger partial charge in [-0.25, -0.2) is 14.4 Å². The molecule has 2 N–H and O–H groups in total. The van der Waals surface area contributed by atoms with E-state index in [1.807, 2.05) is 0 Å². The van der Waals surface area contributed by atoms with Crippen LogP contribution in [0.3, 0.4) is 0 Å². The minimum atomic E-state index is -1.17. The van der Waals surface area contributed by atoms with E-state index < -0.39 is 17.9 Å². The molecule has 1 aromatic rings. The van der Waals surface area contributed by atoms with Crippen LogP contribution in [0.4, 0.5) is 0 Å². The number of carboxylic acids is 2. The van der Waals surface area contributed by atoms with E-state index in [1.54, 1.807) is 6.07 Å². The number of esters is 1. The van der Waals surface area contributed by atoms with E-state index in [0.29, 0.717) is 0 Å². The van der Waals surface area contributed by atoms with Crippen molar-refractivity contribution in [3.05, 3.63) is 60.4 Å². The Bertz CT molecular complexity index is 532. The van der Waals surface area contributed by atoms with Crippen LogP contribution in [0.15, 0.2) is 49.3 Å². The van der Waals surface area contributed by atoms with E-state index in [0.717, 1.165) is 6.26 Å². The van der Waals surface area contributed by atoms with Crippen molar-refractivity contribution in [1.82, 2.24) is 0 Å². The highest BCUT2D eigenvalue weighted by molar-refractivity contribution is 6.02. The van der Waals surface area contributed by atoms with Crippen LogP contribution in [-0.2, 0) is 9.53 Å². The summed E-state index contributed by atoms with van der Waals surface area (Å²) in [4.78, 5) is 31.5. The fraction of sp³-hybridized carbons (Fsp3) is 0.0714. The number of carbonyl (C=O) groups excluding carboxylic acids is 1. The standard InChI is InChI=1S/C10H8O4.C4H6O2/c1-2-14-10(13)8-6-4-3-5-7(8)9(11)12;1-3(2)4(5)6/h2-6H,1H2,(H,11,12);1H2,2H3,(H,5,6). The van der Waals surface area contributed by atoms with Gasteiger partial charge in [0.25, 0.3) is 0 Å². The Morgan fingerprint density at radius 3 is 1.95 bits per heavy atom. The lowest BCUT2D eigenvalue weighted by atomic mass is 10.1. The molecule has 0 aliphatic carbocycles. The number of carbonyl (C=O) groups is 3. The van der Waals surface area contributed by atoms with Crippen LogP contribution in [0.1, 0.15) is 27.6 Å². The number of ether oxygens (including phenoxy) is 1. The van der Waals surface area contributed by atoms with Crippen molar-refractivity contribution in [2.45, 2.75) is 6.92 Å². The molecule has 0 aromatic heterocycles. The van der Waals surface area contributed by atoms with Crippen molar-refractivity contribution >= 4 is 17.9 Å². The normalized spacial score (nSPS) is 8.65. The summed E-state index contributed by atoms with van der Waals surface area (Å²) in [5.74, 6) is -2.82. The number of hydrogen-bond donors (Lipinski definition) is 2. The molecular weight excluding hydrogens is 264 g/mol. The molecule has 1 rings (SSSR count). The molecule has 0 saturated carbocycles. The third-order valence-corrected chi connectivity index (χ3v) is 1.93. The number of aromatic carboxylic acids is 1. The first kappa shape index (κ1) is 17.1. The van der Waals surface area contributed by atoms with Gasteiger partial charge in [-0.05, 0) is 19.1 Å². The van der Waals surface area contributed by atoms with Gasteiger partial charge >= 0.3 is 17.9 Å². The van der Waals surface area contributed by atoms with Crippen LogP contribution in [0.2, 0.25) is 0 Å². The zero-order chi connectivity index (χ0) is 15.7. The molecule has 0 radical (unpaired) electrons. The molecular formula is C14H14O6. The van der Waals surface area contributed by atoms with Gasteiger partial charge in [0.05, 0.1) is 17.4 Å². The summed E-state index contributed by atoms with van der Waals surface area (Å²) in [6, 6.07) is 5.82. The van der Waals surface area contributed by atoms with Gasteiger partial charge in [-0.15, -0.1) is 0 Å². The smallest absolute Gasteiger partial charge is 0.343 e. The molecule has 0 aliphatic heterocycles. The van der Waals surface area contributed by atoms with Crippen LogP contribution in [-0.4, -0.2) is 28.1 Å². The molecule has 0 atom stereocenters. The molecule has 106 valence electrons. The van der Waals surface area contributed by atoms with Crippen LogP contribution >= 0.6 is 0 Å². The summed E-state index contributed by atoms with van der Waals surface area (Å²) >= 11 is 0. The molecule has 20 heavy (non-hydrogen) atoms. The van der Waals surface area contributed by atoms with Crippen LogP contribution in [0.25, 0.3) is 0 Å². The quantitative estimate of drug-likeness (QED) is 0.498. The Morgan fingerprint density at radius 2 is 1.60 bits per heavy atom. The number of hydrogen-bond acceptors (Lipinski definition) is 4. The maximum Gasteiger partial charge on any atom is 0.343 e. The first-order valence-corrected chi connectivity index (χ1v) is 5.34. The Kier molecular flexibility index (Phi) is 7.06. The van der Waals surface area contributed by atoms with Gasteiger partial charge < -0.3 is 14.9 Å². The van der Waals surface area contributed by atoms with E-state index in [9.17, 15) is 14.4 Å². The molecule has 1 aromatic carbocycles. The van der Waals surface area contributed by atoms with Gasteiger partial charge in [0.1, 0.15) is 0 Å². The number of benzene rings is 1. The highest BCUT2D eigenvalue weighted by atomic mass is 16.5. The average Bonchev–Trinajstić information content (AvgIpc) is 2.39. The highest BCUT2D eigenvalue weighted by Crippen LogP contribution is 2.10. The lowest BCUT2D eigenvalue weighted by Gasteiger charge is -2.02. The van der Waals surface area contributed by atoms with E-state index in [1.165, 1.54) is 25.1 Å². The summed E-state index contributed by atoms with van der Waals surface area (Å²) < 4.78 is 4.48. The first-order chi connectivity index (χ1) is 9.31. The molecule has 0 amide bonds. The van der Waals surface area contributed by atoms with Gasteiger partial charge in [-0.1, -0.05) is 25.3 Å². The third kappa shape index (κ3) is 5.63. The van der Waals surface area contributed by atoms with Gasteiger partial charge in [0.2, 0.25) is 0 Å². The highest BCUT2D eigenvalue weighted by Gasteiger charge is 2.15. The van der Waals surface area contributed by atoms with E-state index in [2.05, 4.69) is 17.9 Å². The van der Waals surface area contributed by atoms with Crippen LogP contribution in [0.5, 0.6) is 0 Å². The minimum absolute atomic E-state index is 0.0138. The Balaban J connectivity index is 0.000000511. The predicted octanol–water partition coefficient (Wildman–Crippen LogP) is 2.33. The number of rotatable bonds is 4. The maximum atomic E-state index is 11.2. The second-order valence-corrected chi connectivity index (χ2v) is 3.51. The second-order valence-electron chi connectivity index (χ2n) is 3.51. The lowest BCUT2D eigenvalue weighted by molar-refractivity contribution is -0.132. The fourth-order valence-electron chi connectivity index (χ4n) is 0.987. The summed E-state index contributed by atoms with van der Waals surface area (Å²) in [5, 5.41) is 16.6. The zero-order valence-corrected chi connectivity index (χ0v) is 10.8.